The molecule has 0 fully saturated rings. The summed E-state index contributed by atoms with van der Waals surface area (Å²) in [4.78, 5) is 12.3. The molecule has 124 valence electrons. The number of aryl methyl sites for hydroxylation is 3. The average molecular weight is 326 g/mol. The van der Waals surface area contributed by atoms with Crippen LogP contribution in [0.3, 0.4) is 0 Å². The number of carboxylic acids is 1. The fourth-order valence-electron chi connectivity index (χ4n) is 2.41. The van der Waals surface area contributed by atoms with E-state index in [1.807, 2.05) is 39.8 Å². The second-order valence-corrected chi connectivity index (χ2v) is 7.60. The Balaban J connectivity index is 3.24. The van der Waals surface area contributed by atoms with Gasteiger partial charge in [-0.05, 0) is 27.2 Å². The van der Waals surface area contributed by atoms with Crippen LogP contribution >= 0.6 is 0 Å². The first-order chi connectivity index (χ1) is 9.96. The zero-order valence-electron chi connectivity index (χ0n) is 14.1. The Hall–Kier alpha value is -1.08. The number of nitrogens with two attached hydrogens (primary N) is 1. The Morgan fingerprint density at radius 1 is 1.32 bits per heavy atom. The number of benzene rings is 1. The molecule has 1 aromatic rings. The van der Waals surface area contributed by atoms with E-state index in [0.29, 0.717) is 11.3 Å². The molecule has 4 N–H and O–H groups in total. The van der Waals surface area contributed by atoms with Gasteiger partial charge in [-0.1, -0.05) is 38.5 Å². The lowest BCUT2D eigenvalue weighted by Crippen LogP contribution is -2.69. The maximum absolute atomic E-state index is 12.7. The Labute approximate surface area is 135 Å². The Kier molecular flexibility index (Phi) is 5.67. The van der Waals surface area contributed by atoms with E-state index < -0.39 is 28.4 Å². The van der Waals surface area contributed by atoms with E-state index in [0.717, 1.165) is 16.7 Å². The molecule has 1 aromatic carbocycles. The molecule has 0 radical (unpaired) electrons. The van der Waals surface area contributed by atoms with Gasteiger partial charge in [-0.3, -0.25) is 5.73 Å². The minimum atomic E-state index is -1.78. The molecule has 0 bridgehead atoms. The first-order valence-electron chi connectivity index (χ1n) is 7.26. The van der Waals surface area contributed by atoms with Crippen molar-refractivity contribution in [1.29, 1.82) is 0 Å². The molecule has 0 saturated heterocycles. The SMILES string of the molecule is CCC(C)(C)C(N)(N[S+]([O-])c1c(C)cc(C)cc1C)C(=O)O. The molecule has 0 saturated carbocycles. The van der Waals surface area contributed by atoms with E-state index in [1.165, 1.54) is 0 Å². The van der Waals surface area contributed by atoms with Crippen LogP contribution in [0.5, 0.6) is 0 Å². The highest BCUT2D eigenvalue weighted by atomic mass is 32.2. The summed E-state index contributed by atoms with van der Waals surface area (Å²) in [5, 5.41) is 9.56. The zero-order valence-corrected chi connectivity index (χ0v) is 14.9. The van der Waals surface area contributed by atoms with Crippen molar-refractivity contribution in [2.45, 2.75) is 58.5 Å². The van der Waals surface area contributed by atoms with Crippen molar-refractivity contribution in [3.63, 3.8) is 0 Å². The van der Waals surface area contributed by atoms with Gasteiger partial charge < -0.3 is 9.66 Å². The first-order valence-corrected chi connectivity index (χ1v) is 8.41. The van der Waals surface area contributed by atoms with Crippen molar-refractivity contribution in [3.05, 3.63) is 28.8 Å². The lowest BCUT2D eigenvalue weighted by molar-refractivity contribution is -0.149. The Bertz CT molecular complexity index is 552. The summed E-state index contributed by atoms with van der Waals surface area (Å²) >= 11 is -1.71. The number of rotatable bonds is 6. The predicted molar refractivity (Wildman–Crippen MR) is 88.8 cm³/mol. The quantitative estimate of drug-likeness (QED) is 0.551. The van der Waals surface area contributed by atoms with Crippen LogP contribution in [-0.2, 0) is 16.2 Å². The van der Waals surface area contributed by atoms with Crippen LogP contribution in [0.4, 0.5) is 0 Å². The van der Waals surface area contributed by atoms with Crippen molar-refractivity contribution < 1.29 is 14.5 Å². The summed E-state index contributed by atoms with van der Waals surface area (Å²) in [6, 6.07) is 3.84. The molecular formula is C16H26N2O3S. The van der Waals surface area contributed by atoms with Gasteiger partial charge in [-0.2, -0.15) is 0 Å². The fraction of sp³-hybridized carbons (Fsp3) is 0.562. The van der Waals surface area contributed by atoms with Crippen LogP contribution in [-0.4, -0.2) is 21.3 Å². The number of carboxylic acid groups (broad SMARTS) is 1. The molecule has 22 heavy (non-hydrogen) atoms. The number of carbonyl (C=O) groups is 1. The maximum Gasteiger partial charge on any atom is 0.343 e. The van der Waals surface area contributed by atoms with E-state index >= 15 is 0 Å². The minimum absolute atomic E-state index is 0.534. The molecule has 0 aliphatic carbocycles. The minimum Gasteiger partial charge on any atom is -0.593 e. The van der Waals surface area contributed by atoms with Crippen molar-refractivity contribution in [3.8, 4) is 0 Å². The van der Waals surface area contributed by atoms with E-state index in [9.17, 15) is 14.5 Å². The number of aliphatic carboxylic acids is 1. The standard InChI is InChI=1S/C16H26N2O3S/c1-7-15(5,6)16(17,14(19)20)18-22(21)13-11(3)8-10(2)9-12(13)4/h8-9,18H,7,17H2,1-6H3,(H,19,20). The summed E-state index contributed by atoms with van der Waals surface area (Å²) < 4.78 is 15.4. The monoisotopic (exact) mass is 326 g/mol. The van der Waals surface area contributed by atoms with Crippen molar-refractivity contribution in [2.75, 3.05) is 0 Å². The molecule has 1 rings (SSSR count). The van der Waals surface area contributed by atoms with Crippen LogP contribution in [0.1, 0.15) is 43.9 Å². The van der Waals surface area contributed by atoms with Crippen LogP contribution < -0.4 is 10.5 Å². The molecule has 5 nitrogen and oxygen atoms in total. The van der Waals surface area contributed by atoms with Gasteiger partial charge in [0.1, 0.15) is 0 Å². The highest BCUT2D eigenvalue weighted by Crippen LogP contribution is 2.33. The third-order valence-electron chi connectivity index (χ3n) is 4.33. The molecule has 0 aliphatic heterocycles. The molecule has 0 aliphatic rings. The normalized spacial score (nSPS) is 16.2. The third-order valence-corrected chi connectivity index (χ3v) is 5.85. The van der Waals surface area contributed by atoms with Crippen molar-refractivity contribution >= 4 is 17.3 Å². The van der Waals surface area contributed by atoms with Crippen LogP contribution in [0.2, 0.25) is 0 Å². The van der Waals surface area contributed by atoms with Gasteiger partial charge in [0, 0.05) is 16.5 Å². The molecule has 2 atom stereocenters. The summed E-state index contributed by atoms with van der Waals surface area (Å²) in [6.45, 7) is 11.0. The number of hydrogen-bond donors (Lipinski definition) is 3. The lowest BCUT2D eigenvalue weighted by atomic mass is 9.77. The molecular weight excluding hydrogens is 300 g/mol. The largest absolute Gasteiger partial charge is 0.593 e. The number of nitrogens with one attached hydrogen (secondary N) is 1. The van der Waals surface area contributed by atoms with Gasteiger partial charge in [0.15, 0.2) is 4.90 Å². The highest BCUT2D eigenvalue weighted by molar-refractivity contribution is 7.89. The summed E-state index contributed by atoms with van der Waals surface area (Å²) in [5.41, 5.74) is 6.33. The summed E-state index contributed by atoms with van der Waals surface area (Å²) in [7, 11) is 0. The first kappa shape index (κ1) is 19.0. The lowest BCUT2D eigenvalue weighted by Gasteiger charge is -2.39. The fourth-order valence-corrected chi connectivity index (χ4v) is 3.87. The average Bonchev–Trinajstić information content (AvgIpc) is 2.36. The van der Waals surface area contributed by atoms with Gasteiger partial charge in [0.05, 0.1) is 11.4 Å². The van der Waals surface area contributed by atoms with Gasteiger partial charge in [-0.15, -0.1) is 4.72 Å². The van der Waals surface area contributed by atoms with Gasteiger partial charge in [-0.25, -0.2) is 4.79 Å². The molecule has 0 amide bonds. The van der Waals surface area contributed by atoms with Gasteiger partial charge in [0.25, 0.3) is 0 Å². The second-order valence-electron chi connectivity index (χ2n) is 6.45. The third kappa shape index (κ3) is 3.46. The van der Waals surface area contributed by atoms with Crippen LogP contribution in [0.15, 0.2) is 17.0 Å². The topological polar surface area (TPSA) is 98.4 Å². The Morgan fingerprint density at radius 3 is 2.14 bits per heavy atom. The molecule has 0 aromatic heterocycles. The molecule has 0 heterocycles. The smallest absolute Gasteiger partial charge is 0.343 e. The zero-order chi connectivity index (χ0) is 17.3. The van der Waals surface area contributed by atoms with E-state index in [4.69, 9.17) is 5.73 Å². The van der Waals surface area contributed by atoms with Gasteiger partial charge in [0.2, 0.25) is 5.66 Å². The molecule has 0 spiro atoms. The predicted octanol–water partition coefficient (Wildman–Crippen LogP) is 2.40. The van der Waals surface area contributed by atoms with Crippen molar-refractivity contribution in [2.24, 2.45) is 11.1 Å². The molecule has 2 unspecified atom stereocenters. The molecule has 6 heteroatoms. The second kappa shape index (κ2) is 6.58. The van der Waals surface area contributed by atoms with E-state index in [-0.39, 0.29) is 0 Å². The Morgan fingerprint density at radius 2 is 1.77 bits per heavy atom. The van der Waals surface area contributed by atoms with Crippen molar-refractivity contribution in [1.82, 2.24) is 4.72 Å². The van der Waals surface area contributed by atoms with E-state index in [1.54, 1.807) is 13.8 Å². The highest BCUT2D eigenvalue weighted by Gasteiger charge is 2.51. The summed E-state index contributed by atoms with van der Waals surface area (Å²) in [5.74, 6) is -1.21. The number of hydrogen-bond acceptors (Lipinski definition) is 4. The van der Waals surface area contributed by atoms with Crippen LogP contribution in [0.25, 0.3) is 0 Å². The maximum atomic E-state index is 12.7. The summed E-state index contributed by atoms with van der Waals surface area (Å²) in [6.07, 6.45) is 0.534. The van der Waals surface area contributed by atoms with E-state index in [2.05, 4.69) is 4.72 Å². The van der Waals surface area contributed by atoms with Crippen LogP contribution in [0, 0.1) is 26.2 Å². The van der Waals surface area contributed by atoms with Gasteiger partial charge >= 0.3 is 5.97 Å².